The van der Waals surface area contributed by atoms with Gasteiger partial charge in [-0.15, -0.1) is 11.8 Å². The zero-order chi connectivity index (χ0) is 12.1. The molecule has 0 aromatic heterocycles. The van der Waals surface area contributed by atoms with Crippen LogP contribution in [0.5, 0.6) is 0 Å². The van der Waals surface area contributed by atoms with E-state index in [9.17, 15) is 5.11 Å². The lowest BCUT2D eigenvalue weighted by molar-refractivity contribution is 0.199. The minimum absolute atomic E-state index is 0.362. The molecule has 1 N–H and O–H groups in total. The SMILES string of the molecule is CC(O)c1ccc(SCCN2CCCC2)cc1. The second-order valence-corrected chi connectivity index (χ2v) is 5.81. The summed E-state index contributed by atoms with van der Waals surface area (Å²) in [5.74, 6) is 1.16. The molecular formula is C14H21NOS. The third kappa shape index (κ3) is 4.02. The molecule has 2 nitrogen and oxygen atoms in total. The van der Waals surface area contributed by atoms with Crippen molar-refractivity contribution in [1.82, 2.24) is 4.90 Å². The standard InChI is InChI=1S/C14H21NOS/c1-12(16)13-4-6-14(7-5-13)17-11-10-15-8-2-3-9-15/h4-7,12,16H,2-3,8-11H2,1H3. The molecule has 0 amide bonds. The molecule has 0 saturated carbocycles. The van der Waals surface area contributed by atoms with Gasteiger partial charge in [0, 0.05) is 17.2 Å². The summed E-state index contributed by atoms with van der Waals surface area (Å²) in [7, 11) is 0. The molecule has 1 aliphatic heterocycles. The molecule has 94 valence electrons. The maximum absolute atomic E-state index is 9.42. The van der Waals surface area contributed by atoms with Crippen LogP contribution in [0.3, 0.4) is 0 Å². The molecule has 1 unspecified atom stereocenters. The fraction of sp³-hybridized carbons (Fsp3) is 0.571. The average Bonchev–Trinajstić information content (AvgIpc) is 2.83. The van der Waals surface area contributed by atoms with Gasteiger partial charge in [0.25, 0.3) is 0 Å². The van der Waals surface area contributed by atoms with Gasteiger partial charge in [0.2, 0.25) is 0 Å². The van der Waals surface area contributed by atoms with Crippen molar-refractivity contribution >= 4 is 11.8 Å². The quantitative estimate of drug-likeness (QED) is 0.814. The number of rotatable bonds is 5. The first kappa shape index (κ1) is 12.9. The van der Waals surface area contributed by atoms with Crippen molar-refractivity contribution in [2.75, 3.05) is 25.4 Å². The molecule has 1 aromatic carbocycles. The Hall–Kier alpha value is -0.510. The van der Waals surface area contributed by atoms with E-state index in [2.05, 4.69) is 17.0 Å². The summed E-state index contributed by atoms with van der Waals surface area (Å²) in [6.45, 7) is 5.56. The molecule has 17 heavy (non-hydrogen) atoms. The van der Waals surface area contributed by atoms with Crippen molar-refractivity contribution in [3.8, 4) is 0 Å². The van der Waals surface area contributed by atoms with E-state index in [1.54, 1.807) is 6.92 Å². The smallest absolute Gasteiger partial charge is 0.0761 e. The molecule has 1 saturated heterocycles. The van der Waals surface area contributed by atoms with E-state index in [-0.39, 0.29) is 6.10 Å². The van der Waals surface area contributed by atoms with Crippen LogP contribution in [-0.4, -0.2) is 35.4 Å². The van der Waals surface area contributed by atoms with E-state index in [0.717, 1.165) is 11.3 Å². The van der Waals surface area contributed by atoms with Crippen molar-refractivity contribution in [2.45, 2.75) is 30.8 Å². The van der Waals surface area contributed by atoms with Gasteiger partial charge in [0.15, 0.2) is 0 Å². The van der Waals surface area contributed by atoms with E-state index >= 15 is 0 Å². The molecular weight excluding hydrogens is 230 g/mol. The molecule has 0 bridgehead atoms. The lowest BCUT2D eigenvalue weighted by Gasteiger charge is -2.13. The number of benzene rings is 1. The van der Waals surface area contributed by atoms with Gasteiger partial charge in [-0.25, -0.2) is 0 Å². The summed E-state index contributed by atoms with van der Waals surface area (Å²) in [6, 6.07) is 8.25. The highest BCUT2D eigenvalue weighted by Gasteiger charge is 2.10. The Labute approximate surface area is 108 Å². The van der Waals surface area contributed by atoms with E-state index in [1.807, 2.05) is 23.9 Å². The molecule has 0 spiro atoms. The highest BCUT2D eigenvalue weighted by molar-refractivity contribution is 7.99. The third-order valence-corrected chi connectivity index (χ3v) is 4.23. The molecule has 0 radical (unpaired) electrons. The van der Waals surface area contributed by atoms with Gasteiger partial charge in [0.1, 0.15) is 0 Å². The average molecular weight is 251 g/mol. The van der Waals surface area contributed by atoms with Crippen LogP contribution < -0.4 is 0 Å². The number of aliphatic hydroxyl groups excluding tert-OH is 1. The maximum atomic E-state index is 9.42. The fourth-order valence-electron chi connectivity index (χ4n) is 2.14. The minimum atomic E-state index is -0.362. The number of aliphatic hydroxyl groups is 1. The van der Waals surface area contributed by atoms with Gasteiger partial charge in [0.05, 0.1) is 6.10 Å². The summed E-state index contributed by atoms with van der Waals surface area (Å²) >= 11 is 1.90. The van der Waals surface area contributed by atoms with Gasteiger partial charge in [-0.3, -0.25) is 0 Å². The lowest BCUT2D eigenvalue weighted by atomic mass is 10.1. The van der Waals surface area contributed by atoms with Crippen LogP contribution in [0.2, 0.25) is 0 Å². The lowest BCUT2D eigenvalue weighted by Crippen LogP contribution is -2.21. The largest absolute Gasteiger partial charge is 0.389 e. The molecule has 1 aromatic rings. The van der Waals surface area contributed by atoms with E-state index < -0.39 is 0 Å². The summed E-state index contributed by atoms with van der Waals surface area (Å²) < 4.78 is 0. The molecule has 2 rings (SSSR count). The number of hydrogen-bond donors (Lipinski definition) is 1. The first-order valence-corrected chi connectivity index (χ1v) is 7.37. The fourth-order valence-corrected chi connectivity index (χ4v) is 3.06. The monoisotopic (exact) mass is 251 g/mol. The van der Waals surface area contributed by atoms with Crippen LogP contribution in [-0.2, 0) is 0 Å². The Morgan fingerprint density at radius 3 is 2.47 bits per heavy atom. The second-order valence-electron chi connectivity index (χ2n) is 4.64. The van der Waals surface area contributed by atoms with Gasteiger partial charge >= 0.3 is 0 Å². The molecule has 3 heteroatoms. The number of likely N-dealkylation sites (tertiary alicyclic amines) is 1. The minimum Gasteiger partial charge on any atom is -0.389 e. The Morgan fingerprint density at radius 1 is 1.24 bits per heavy atom. The van der Waals surface area contributed by atoms with Crippen molar-refractivity contribution in [2.24, 2.45) is 0 Å². The van der Waals surface area contributed by atoms with Crippen molar-refractivity contribution < 1.29 is 5.11 Å². The molecule has 1 heterocycles. The summed E-state index contributed by atoms with van der Waals surface area (Å²) in [5.41, 5.74) is 0.994. The van der Waals surface area contributed by atoms with Gasteiger partial charge < -0.3 is 10.0 Å². The molecule has 1 atom stereocenters. The predicted octanol–water partition coefficient (Wildman–Crippen LogP) is 2.93. The van der Waals surface area contributed by atoms with Crippen LogP contribution in [0.15, 0.2) is 29.2 Å². The Kier molecular flexibility index (Phi) is 4.89. The van der Waals surface area contributed by atoms with Crippen LogP contribution >= 0.6 is 11.8 Å². The summed E-state index contributed by atoms with van der Waals surface area (Å²) in [4.78, 5) is 3.84. The van der Waals surface area contributed by atoms with Gasteiger partial charge in [-0.1, -0.05) is 12.1 Å². The Balaban J connectivity index is 1.74. The number of thioether (sulfide) groups is 1. The van der Waals surface area contributed by atoms with Crippen molar-refractivity contribution in [3.63, 3.8) is 0 Å². The first-order valence-electron chi connectivity index (χ1n) is 6.39. The maximum Gasteiger partial charge on any atom is 0.0761 e. The van der Waals surface area contributed by atoms with Crippen molar-refractivity contribution in [1.29, 1.82) is 0 Å². The number of hydrogen-bond acceptors (Lipinski definition) is 3. The summed E-state index contributed by atoms with van der Waals surface area (Å²) in [6.07, 6.45) is 2.38. The summed E-state index contributed by atoms with van der Waals surface area (Å²) in [5, 5.41) is 9.42. The highest BCUT2D eigenvalue weighted by Crippen LogP contribution is 2.21. The first-order chi connectivity index (χ1) is 8.25. The van der Waals surface area contributed by atoms with E-state index in [4.69, 9.17) is 0 Å². The predicted molar refractivity (Wildman–Crippen MR) is 73.5 cm³/mol. The highest BCUT2D eigenvalue weighted by atomic mass is 32.2. The van der Waals surface area contributed by atoms with E-state index in [1.165, 1.54) is 37.4 Å². The second kappa shape index (κ2) is 6.43. The molecule has 1 fully saturated rings. The topological polar surface area (TPSA) is 23.5 Å². The van der Waals surface area contributed by atoms with Crippen molar-refractivity contribution in [3.05, 3.63) is 29.8 Å². The Bertz CT molecular complexity index is 331. The molecule has 1 aliphatic rings. The zero-order valence-corrected chi connectivity index (χ0v) is 11.2. The number of nitrogens with zero attached hydrogens (tertiary/aromatic N) is 1. The normalized spacial score (nSPS) is 18.5. The van der Waals surface area contributed by atoms with Gasteiger partial charge in [-0.2, -0.15) is 0 Å². The van der Waals surface area contributed by atoms with Crippen LogP contribution in [0.25, 0.3) is 0 Å². The van der Waals surface area contributed by atoms with Crippen LogP contribution in [0.1, 0.15) is 31.4 Å². The van der Waals surface area contributed by atoms with Crippen LogP contribution in [0.4, 0.5) is 0 Å². The molecule has 0 aliphatic carbocycles. The van der Waals surface area contributed by atoms with E-state index in [0.29, 0.717) is 0 Å². The third-order valence-electron chi connectivity index (χ3n) is 3.24. The zero-order valence-electron chi connectivity index (χ0n) is 10.4. The Morgan fingerprint density at radius 2 is 1.88 bits per heavy atom. The van der Waals surface area contributed by atoms with Gasteiger partial charge in [-0.05, 0) is 50.6 Å². The van der Waals surface area contributed by atoms with Crippen LogP contribution in [0, 0.1) is 0 Å².